The average Bonchev–Trinajstić information content (AvgIpc) is 2.79. The van der Waals surface area contributed by atoms with Crippen LogP contribution in [0.5, 0.6) is 0 Å². The molecule has 0 bridgehead atoms. The lowest BCUT2D eigenvalue weighted by molar-refractivity contribution is -0.119. The monoisotopic (exact) mass is 398 g/mol. The number of benzene rings is 1. The smallest absolute Gasteiger partial charge is 0.267 e. The molecule has 1 saturated heterocycles. The maximum Gasteiger partial charge on any atom is 0.267 e. The fourth-order valence-corrected chi connectivity index (χ4v) is 4.69. The Balaban J connectivity index is 1.45. The van der Waals surface area contributed by atoms with E-state index in [1.54, 1.807) is 0 Å². The maximum absolute atomic E-state index is 12.9. The molecule has 29 heavy (non-hydrogen) atoms. The van der Waals surface area contributed by atoms with E-state index in [0.29, 0.717) is 30.8 Å². The molecule has 7 heteroatoms. The van der Waals surface area contributed by atoms with Crippen LogP contribution in [0.3, 0.4) is 0 Å². The lowest BCUT2D eigenvalue weighted by Crippen LogP contribution is -2.60. The van der Waals surface area contributed by atoms with E-state index < -0.39 is 0 Å². The number of rotatable bonds is 5. The second-order valence-electron chi connectivity index (χ2n) is 8.15. The van der Waals surface area contributed by atoms with Gasteiger partial charge in [-0.25, -0.2) is 5.01 Å². The largest absolute Gasteiger partial charge is 0.379 e. The van der Waals surface area contributed by atoms with E-state index in [1.165, 1.54) is 24.3 Å². The Morgan fingerprint density at radius 1 is 1.07 bits per heavy atom. The standard InChI is InChI=1S/C22H30N4O3/c27-20-10-9-19(24-26(20)18-7-3-1-4-8-18)21(28)23-17-22(11-5-2-6-12-22)25-13-15-29-16-14-25/h1,3-4,7-8H,2,5-6,9-17H2,(H,23,28). The van der Waals surface area contributed by atoms with E-state index >= 15 is 0 Å². The number of morpholine rings is 1. The number of hydrogen-bond acceptors (Lipinski definition) is 5. The number of carbonyl (C=O) groups excluding carboxylic acids is 2. The van der Waals surface area contributed by atoms with Gasteiger partial charge in [-0.2, -0.15) is 5.10 Å². The summed E-state index contributed by atoms with van der Waals surface area (Å²) in [6.45, 7) is 4.00. The number of para-hydroxylation sites is 1. The average molecular weight is 399 g/mol. The van der Waals surface area contributed by atoms with Crippen LogP contribution in [0.4, 0.5) is 5.69 Å². The molecule has 1 aromatic carbocycles. The zero-order chi connectivity index (χ0) is 20.1. The fourth-order valence-electron chi connectivity index (χ4n) is 4.69. The molecular weight excluding hydrogens is 368 g/mol. The summed E-state index contributed by atoms with van der Waals surface area (Å²) in [7, 11) is 0. The third-order valence-electron chi connectivity index (χ3n) is 6.34. The molecule has 0 aromatic heterocycles. The molecule has 1 aliphatic carbocycles. The highest BCUT2D eigenvalue weighted by Crippen LogP contribution is 2.34. The molecule has 7 nitrogen and oxygen atoms in total. The van der Waals surface area contributed by atoms with Gasteiger partial charge in [-0.1, -0.05) is 37.5 Å². The third-order valence-corrected chi connectivity index (χ3v) is 6.34. The topological polar surface area (TPSA) is 74.2 Å². The van der Waals surface area contributed by atoms with E-state index in [1.807, 2.05) is 30.3 Å². The molecule has 4 rings (SSSR count). The summed E-state index contributed by atoms with van der Waals surface area (Å²) in [6, 6.07) is 9.28. The van der Waals surface area contributed by atoms with E-state index in [2.05, 4.69) is 15.3 Å². The van der Waals surface area contributed by atoms with Gasteiger partial charge in [-0.05, 0) is 25.0 Å². The maximum atomic E-state index is 12.9. The molecule has 2 aliphatic heterocycles. The summed E-state index contributed by atoms with van der Waals surface area (Å²) in [5.74, 6) is -0.235. The van der Waals surface area contributed by atoms with E-state index in [4.69, 9.17) is 4.74 Å². The zero-order valence-electron chi connectivity index (χ0n) is 16.9. The molecule has 1 aromatic rings. The van der Waals surface area contributed by atoms with Crippen molar-refractivity contribution in [3.05, 3.63) is 30.3 Å². The van der Waals surface area contributed by atoms with E-state index in [-0.39, 0.29) is 17.4 Å². The van der Waals surface area contributed by atoms with Crippen LogP contribution in [0, 0.1) is 0 Å². The second-order valence-corrected chi connectivity index (χ2v) is 8.15. The molecular formula is C22H30N4O3. The van der Waals surface area contributed by atoms with Gasteiger partial charge in [0.15, 0.2) is 0 Å². The molecule has 1 saturated carbocycles. The van der Waals surface area contributed by atoms with E-state index in [9.17, 15) is 9.59 Å². The van der Waals surface area contributed by atoms with Gasteiger partial charge < -0.3 is 10.1 Å². The number of hydrazone groups is 1. The summed E-state index contributed by atoms with van der Waals surface area (Å²) in [5.41, 5.74) is 1.14. The van der Waals surface area contributed by atoms with Crippen LogP contribution < -0.4 is 10.3 Å². The van der Waals surface area contributed by atoms with Crippen molar-refractivity contribution in [3.8, 4) is 0 Å². The Kier molecular flexibility index (Phi) is 6.25. The predicted octanol–water partition coefficient (Wildman–Crippen LogP) is 2.32. The van der Waals surface area contributed by atoms with Crippen molar-refractivity contribution < 1.29 is 14.3 Å². The number of nitrogens with zero attached hydrogens (tertiary/aromatic N) is 3. The number of anilines is 1. The first-order valence-corrected chi connectivity index (χ1v) is 10.7. The fraction of sp³-hybridized carbons (Fsp3) is 0.591. The van der Waals surface area contributed by atoms with Gasteiger partial charge in [0.2, 0.25) is 5.91 Å². The zero-order valence-corrected chi connectivity index (χ0v) is 16.9. The Bertz CT molecular complexity index is 753. The van der Waals surface area contributed by atoms with Crippen LogP contribution in [0.1, 0.15) is 44.9 Å². The first kappa shape index (κ1) is 20.0. The minimum Gasteiger partial charge on any atom is -0.379 e. The molecule has 1 N–H and O–H groups in total. The highest BCUT2D eigenvalue weighted by Gasteiger charge is 2.39. The Hall–Kier alpha value is -2.25. The highest BCUT2D eigenvalue weighted by molar-refractivity contribution is 6.40. The number of carbonyl (C=O) groups is 2. The Morgan fingerprint density at radius 3 is 2.52 bits per heavy atom. The summed E-state index contributed by atoms with van der Waals surface area (Å²) < 4.78 is 5.53. The number of hydrogen-bond donors (Lipinski definition) is 1. The number of amides is 2. The molecule has 0 unspecified atom stereocenters. The molecule has 0 spiro atoms. The van der Waals surface area contributed by atoms with Crippen LogP contribution in [0.15, 0.2) is 35.4 Å². The first-order valence-electron chi connectivity index (χ1n) is 10.7. The van der Waals surface area contributed by atoms with Gasteiger partial charge in [0.25, 0.3) is 5.91 Å². The summed E-state index contributed by atoms with van der Waals surface area (Å²) in [4.78, 5) is 27.7. The molecule has 156 valence electrons. The van der Waals surface area contributed by atoms with Crippen molar-refractivity contribution in [2.24, 2.45) is 5.10 Å². The minimum atomic E-state index is -0.156. The SMILES string of the molecule is O=C(NCC1(N2CCOCC2)CCCCC1)C1=NN(c2ccccc2)C(=O)CC1. The first-order chi connectivity index (χ1) is 14.2. The number of nitrogens with one attached hydrogen (secondary N) is 1. The van der Waals surface area contributed by atoms with Gasteiger partial charge in [-0.15, -0.1) is 0 Å². The predicted molar refractivity (Wildman–Crippen MR) is 112 cm³/mol. The second kappa shape index (κ2) is 9.05. The molecule has 2 amide bonds. The molecule has 0 radical (unpaired) electrons. The van der Waals surface area contributed by atoms with Crippen LogP contribution in [-0.4, -0.2) is 60.8 Å². The Labute approximate surface area is 172 Å². The summed E-state index contributed by atoms with van der Waals surface area (Å²) in [6.07, 6.45) is 6.56. The normalized spacial score (nSPS) is 22.8. The van der Waals surface area contributed by atoms with Gasteiger partial charge in [-0.3, -0.25) is 14.5 Å². The van der Waals surface area contributed by atoms with Crippen LogP contribution >= 0.6 is 0 Å². The van der Waals surface area contributed by atoms with Crippen LogP contribution in [-0.2, 0) is 14.3 Å². The van der Waals surface area contributed by atoms with Crippen molar-refractivity contribution in [1.82, 2.24) is 10.2 Å². The van der Waals surface area contributed by atoms with Crippen LogP contribution in [0.2, 0.25) is 0 Å². The third kappa shape index (κ3) is 4.51. The quantitative estimate of drug-likeness (QED) is 0.826. The highest BCUT2D eigenvalue weighted by atomic mass is 16.5. The Morgan fingerprint density at radius 2 is 1.79 bits per heavy atom. The lowest BCUT2D eigenvalue weighted by atomic mass is 9.79. The molecule has 2 heterocycles. The van der Waals surface area contributed by atoms with E-state index in [0.717, 1.165) is 39.1 Å². The van der Waals surface area contributed by atoms with Crippen molar-refractivity contribution >= 4 is 23.2 Å². The summed E-state index contributed by atoms with van der Waals surface area (Å²) in [5, 5.41) is 8.90. The number of ether oxygens (including phenoxy) is 1. The molecule has 0 atom stereocenters. The van der Waals surface area contributed by atoms with Crippen molar-refractivity contribution in [2.75, 3.05) is 37.9 Å². The molecule has 3 aliphatic rings. The van der Waals surface area contributed by atoms with Crippen molar-refractivity contribution in [1.29, 1.82) is 0 Å². The van der Waals surface area contributed by atoms with Gasteiger partial charge in [0, 0.05) is 38.0 Å². The van der Waals surface area contributed by atoms with Crippen molar-refractivity contribution in [2.45, 2.75) is 50.5 Å². The van der Waals surface area contributed by atoms with Gasteiger partial charge in [0.1, 0.15) is 5.71 Å². The lowest BCUT2D eigenvalue weighted by Gasteiger charge is -2.48. The van der Waals surface area contributed by atoms with Crippen LogP contribution in [0.25, 0.3) is 0 Å². The molecule has 2 fully saturated rings. The minimum absolute atomic E-state index is 0.0157. The van der Waals surface area contributed by atoms with Crippen molar-refractivity contribution in [3.63, 3.8) is 0 Å². The van der Waals surface area contributed by atoms with Gasteiger partial charge in [0.05, 0.1) is 18.9 Å². The summed E-state index contributed by atoms with van der Waals surface area (Å²) >= 11 is 0. The van der Waals surface area contributed by atoms with Gasteiger partial charge >= 0.3 is 0 Å².